The molecule has 0 rings (SSSR count). The van der Waals surface area contributed by atoms with Gasteiger partial charge >= 0.3 is 7.82 Å². The zero-order valence-corrected chi connectivity index (χ0v) is 17.1. The molecule has 0 aromatic heterocycles. The zero-order valence-electron chi connectivity index (χ0n) is 16.3. The van der Waals surface area contributed by atoms with Gasteiger partial charge in [-0.15, -0.1) is 0 Å². The molecule has 0 unspecified atom stereocenters. The smallest absolute Gasteiger partial charge is 0.309 e. The third-order valence-corrected chi connectivity index (χ3v) is 3.96. The maximum atomic E-state index is 8.88. The van der Waals surface area contributed by atoms with Crippen molar-refractivity contribution < 1.29 is 19.2 Å². The summed E-state index contributed by atoms with van der Waals surface area (Å²) in [6, 6.07) is 0. The molecule has 0 spiro atoms. The van der Waals surface area contributed by atoms with Crippen molar-refractivity contribution in [2.45, 2.75) is 96.8 Å². The average molecular weight is 368 g/mol. The van der Waals surface area contributed by atoms with E-state index in [9.17, 15) is 0 Å². The number of phosphoric acid groups is 1. The van der Waals surface area contributed by atoms with Crippen LogP contribution in [0.4, 0.5) is 0 Å². The molecule has 0 saturated carbocycles. The molecule has 0 fully saturated rings. The van der Waals surface area contributed by atoms with Crippen LogP contribution in [-0.2, 0) is 4.57 Å². The Balaban J connectivity index is 0. The van der Waals surface area contributed by atoms with Gasteiger partial charge in [0.15, 0.2) is 0 Å². The monoisotopic (exact) mass is 367 g/mol. The van der Waals surface area contributed by atoms with Crippen molar-refractivity contribution in [1.29, 1.82) is 0 Å². The molecule has 0 heterocycles. The molecular formula is C18H42NO4P. The molecule has 0 aromatic carbocycles. The molecule has 6 heteroatoms. The van der Waals surface area contributed by atoms with E-state index in [1.54, 1.807) is 0 Å². The summed E-state index contributed by atoms with van der Waals surface area (Å²) in [5.74, 6) is 0. The molecule has 0 radical (unpaired) electrons. The fourth-order valence-electron chi connectivity index (χ4n) is 2.62. The van der Waals surface area contributed by atoms with Crippen LogP contribution in [0.2, 0.25) is 0 Å². The predicted octanol–water partition coefficient (Wildman–Crippen LogP) is 5.10. The maximum absolute atomic E-state index is 8.88. The Morgan fingerprint density at radius 1 is 0.625 bits per heavy atom. The van der Waals surface area contributed by atoms with E-state index in [0.29, 0.717) is 0 Å². The average Bonchev–Trinajstić information content (AvgIpc) is 2.45. The highest BCUT2D eigenvalue weighted by Crippen LogP contribution is 2.25. The maximum Gasteiger partial charge on any atom is 0.466 e. The van der Waals surface area contributed by atoms with Crippen LogP contribution in [0, 0.1) is 0 Å². The quantitative estimate of drug-likeness (QED) is 0.277. The second-order valence-corrected chi connectivity index (χ2v) is 7.94. The first kappa shape index (κ1) is 26.3. The van der Waals surface area contributed by atoms with Crippen LogP contribution < -0.4 is 0 Å². The number of hydrogen-bond donors (Lipinski definition) is 3. The highest BCUT2D eigenvalue weighted by Gasteiger charge is 2.00. The minimum atomic E-state index is -4.64. The topological polar surface area (TPSA) is 81.0 Å². The summed E-state index contributed by atoms with van der Waals surface area (Å²) < 4.78 is 8.88. The molecule has 0 amide bonds. The summed E-state index contributed by atoms with van der Waals surface area (Å²) in [4.78, 5) is 23.9. The van der Waals surface area contributed by atoms with Gasteiger partial charge in [0.2, 0.25) is 0 Å². The SMILES string of the molecule is CCCCCCCCCCCCCCCCN(C)C.O=P(O)(O)O. The van der Waals surface area contributed by atoms with Crippen LogP contribution in [0.1, 0.15) is 96.8 Å². The first-order valence-corrected chi connectivity index (χ1v) is 11.3. The van der Waals surface area contributed by atoms with E-state index in [0.717, 1.165) is 0 Å². The lowest BCUT2D eigenvalue weighted by Crippen LogP contribution is -2.12. The van der Waals surface area contributed by atoms with Crippen LogP contribution >= 0.6 is 7.82 Å². The molecule has 148 valence electrons. The van der Waals surface area contributed by atoms with E-state index in [1.165, 1.54) is 96.4 Å². The Morgan fingerprint density at radius 3 is 1.12 bits per heavy atom. The van der Waals surface area contributed by atoms with E-state index in [-0.39, 0.29) is 0 Å². The van der Waals surface area contributed by atoms with Gasteiger partial charge in [0, 0.05) is 0 Å². The molecule has 0 aliphatic heterocycles. The van der Waals surface area contributed by atoms with Gasteiger partial charge in [-0.1, -0.05) is 90.4 Å². The van der Waals surface area contributed by atoms with E-state index in [4.69, 9.17) is 19.2 Å². The minimum absolute atomic E-state index is 1.26. The fourth-order valence-corrected chi connectivity index (χ4v) is 2.62. The molecule has 0 atom stereocenters. The van der Waals surface area contributed by atoms with Crippen molar-refractivity contribution >= 4 is 7.82 Å². The van der Waals surface area contributed by atoms with Crippen LogP contribution in [0.25, 0.3) is 0 Å². The van der Waals surface area contributed by atoms with Crippen molar-refractivity contribution in [3.8, 4) is 0 Å². The Hall–Kier alpha value is 0.0700. The molecule has 0 saturated heterocycles. The number of rotatable bonds is 15. The molecule has 0 aliphatic rings. The summed E-state index contributed by atoms with van der Waals surface area (Å²) in [6.45, 7) is 3.55. The molecular weight excluding hydrogens is 325 g/mol. The van der Waals surface area contributed by atoms with E-state index in [1.807, 2.05) is 0 Å². The van der Waals surface area contributed by atoms with Crippen molar-refractivity contribution in [2.75, 3.05) is 20.6 Å². The molecule has 3 N–H and O–H groups in total. The van der Waals surface area contributed by atoms with Gasteiger partial charge in [-0.2, -0.15) is 0 Å². The van der Waals surface area contributed by atoms with Crippen molar-refractivity contribution in [1.82, 2.24) is 4.90 Å². The summed E-state index contributed by atoms with van der Waals surface area (Å²) >= 11 is 0. The summed E-state index contributed by atoms with van der Waals surface area (Å²) in [6.07, 6.45) is 20.3. The minimum Gasteiger partial charge on any atom is -0.309 e. The largest absolute Gasteiger partial charge is 0.466 e. The van der Waals surface area contributed by atoms with Gasteiger partial charge in [0.1, 0.15) is 0 Å². The third kappa shape index (κ3) is 37.9. The second kappa shape index (κ2) is 19.4. The lowest BCUT2D eigenvalue weighted by molar-refractivity contribution is 0.275. The molecule has 0 bridgehead atoms. The van der Waals surface area contributed by atoms with Gasteiger partial charge in [-0.3, -0.25) is 0 Å². The van der Waals surface area contributed by atoms with E-state index >= 15 is 0 Å². The van der Waals surface area contributed by atoms with Crippen LogP contribution in [0.15, 0.2) is 0 Å². The van der Waals surface area contributed by atoms with Gasteiger partial charge in [-0.05, 0) is 27.1 Å². The lowest BCUT2D eigenvalue weighted by Gasteiger charge is -2.08. The molecule has 5 nitrogen and oxygen atoms in total. The normalized spacial score (nSPS) is 11.5. The first-order chi connectivity index (χ1) is 11.3. The standard InChI is InChI=1S/C18H39N.H3O4P/c1-4-5-6-7-8-9-10-11-12-13-14-15-16-17-18-19(2)3;1-5(2,3)4/h4-18H2,1-3H3;(H3,1,2,3,4). The van der Waals surface area contributed by atoms with Gasteiger partial charge in [0.05, 0.1) is 0 Å². The fraction of sp³-hybridized carbons (Fsp3) is 1.00. The number of hydrogen-bond acceptors (Lipinski definition) is 2. The number of nitrogens with zero attached hydrogens (tertiary/aromatic N) is 1. The van der Waals surface area contributed by atoms with Gasteiger partial charge in [0.25, 0.3) is 0 Å². The molecule has 0 aliphatic carbocycles. The Kier molecular flexibility index (Phi) is 21.3. The van der Waals surface area contributed by atoms with Crippen LogP contribution in [0.3, 0.4) is 0 Å². The summed E-state index contributed by atoms with van der Waals surface area (Å²) in [7, 11) is -0.301. The molecule has 0 aromatic rings. The Morgan fingerprint density at radius 2 is 0.875 bits per heavy atom. The van der Waals surface area contributed by atoms with Crippen LogP contribution in [-0.4, -0.2) is 40.2 Å². The zero-order chi connectivity index (χ0) is 18.7. The second-order valence-electron chi connectivity index (χ2n) is 6.91. The van der Waals surface area contributed by atoms with Crippen molar-refractivity contribution in [3.63, 3.8) is 0 Å². The Labute approximate surface area is 150 Å². The van der Waals surface area contributed by atoms with Gasteiger partial charge < -0.3 is 19.6 Å². The van der Waals surface area contributed by atoms with E-state index < -0.39 is 7.82 Å². The van der Waals surface area contributed by atoms with E-state index in [2.05, 4.69) is 25.9 Å². The van der Waals surface area contributed by atoms with Gasteiger partial charge in [-0.25, -0.2) is 4.57 Å². The predicted molar refractivity (Wildman–Crippen MR) is 103 cm³/mol. The van der Waals surface area contributed by atoms with Crippen molar-refractivity contribution in [2.24, 2.45) is 0 Å². The van der Waals surface area contributed by atoms with Crippen LogP contribution in [0.5, 0.6) is 0 Å². The van der Waals surface area contributed by atoms with Crippen molar-refractivity contribution in [3.05, 3.63) is 0 Å². The summed E-state index contributed by atoms with van der Waals surface area (Å²) in [5.41, 5.74) is 0. The Bertz CT molecular complexity index is 274. The third-order valence-electron chi connectivity index (χ3n) is 3.96. The number of unbranched alkanes of at least 4 members (excludes halogenated alkanes) is 13. The lowest BCUT2D eigenvalue weighted by atomic mass is 10.0. The highest BCUT2D eigenvalue weighted by atomic mass is 31.2. The summed E-state index contributed by atoms with van der Waals surface area (Å²) in [5, 5.41) is 0. The first-order valence-electron chi connectivity index (χ1n) is 9.70. The molecule has 24 heavy (non-hydrogen) atoms. The highest BCUT2D eigenvalue weighted by molar-refractivity contribution is 7.45.